The molecule has 1 atom stereocenters. The molecule has 11 heavy (non-hydrogen) atoms. The van der Waals surface area contributed by atoms with Gasteiger partial charge >= 0.3 is 0 Å². The van der Waals surface area contributed by atoms with Gasteiger partial charge in [-0.05, 0) is 18.8 Å². The maximum Gasteiger partial charge on any atom is 0.0697 e. The van der Waals surface area contributed by atoms with Gasteiger partial charge in [0.1, 0.15) is 0 Å². The molecule has 0 bridgehead atoms. The van der Waals surface area contributed by atoms with Crippen LogP contribution in [0.1, 0.15) is 19.8 Å². The van der Waals surface area contributed by atoms with E-state index in [0.29, 0.717) is 19.1 Å². The summed E-state index contributed by atoms with van der Waals surface area (Å²) in [6, 6.07) is 0. The highest BCUT2D eigenvalue weighted by atomic mass is 16.5. The summed E-state index contributed by atoms with van der Waals surface area (Å²) >= 11 is 0. The van der Waals surface area contributed by atoms with E-state index in [-0.39, 0.29) is 13.2 Å². The van der Waals surface area contributed by atoms with E-state index in [1.165, 1.54) is 0 Å². The Kier molecular flexibility index (Phi) is 7.89. The fourth-order valence-corrected chi connectivity index (χ4v) is 0.872. The summed E-state index contributed by atoms with van der Waals surface area (Å²) in [6.07, 6.45) is 1.82. The van der Waals surface area contributed by atoms with Crippen molar-refractivity contribution >= 4 is 0 Å². The smallest absolute Gasteiger partial charge is 0.0697 e. The van der Waals surface area contributed by atoms with Gasteiger partial charge in [-0.15, -0.1) is 0 Å². The maximum atomic E-state index is 8.51. The van der Waals surface area contributed by atoms with Gasteiger partial charge < -0.3 is 14.9 Å². The van der Waals surface area contributed by atoms with Gasteiger partial charge in [0.25, 0.3) is 0 Å². The lowest BCUT2D eigenvalue weighted by Gasteiger charge is -2.09. The Hall–Kier alpha value is -0.120. The van der Waals surface area contributed by atoms with E-state index >= 15 is 0 Å². The molecule has 68 valence electrons. The van der Waals surface area contributed by atoms with Crippen LogP contribution in [0.25, 0.3) is 0 Å². The van der Waals surface area contributed by atoms with Crippen molar-refractivity contribution in [1.29, 1.82) is 0 Å². The lowest BCUT2D eigenvalue weighted by atomic mass is 10.1. The number of hydrogen-bond acceptors (Lipinski definition) is 3. The first-order valence-corrected chi connectivity index (χ1v) is 4.10. The van der Waals surface area contributed by atoms with Crippen LogP contribution in [0.4, 0.5) is 0 Å². The van der Waals surface area contributed by atoms with Crippen molar-refractivity contribution in [2.45, 2.75) is 19.8 Å². The number of ether oxygens (including phenoxy) is 1. The summed E-state index contributed by atoms with van der Waals surface area (Å²) in [4.78, 5) is 0. The standard InChI is InChI=1S/C8H18O3/c1-8(3-2-4-9)7-11-6-5-10/h8-10H,2-7H2,1H3. The minimum Gasteiger partial charge on any atom is -0.396 e. The molecule has 0 aliphatic heterocycles. The highest BCUT2D eigenvalue weighted by Gasteiger charge is 2.00. The Balaban J connectivity index is 3.02. The summed E-state index contributed by atoms with van der Waals surface area (Å²) in [5.41, 5.74) is 0. The van der Waals surface area contributed by atoms with Crippen molar-refractivity contribution in [3.05, 3.63) is 0 Å². The van der Waals surface area contributed by atoms with E-state index in [0.717, 1.165) is 12.8 Å². The molecule has 0 spiro atoms. The van der Waals surface area contributed by atoms with Crippen LogP contribution in [-0.4, -0.2) is 36.6 Å². The number of hydrogen-bond donors (Lipinski definition) is 2. The average Bonchev–Trinajstić information content (AvgIpc) is 2.01. The zero-order valence-corrected chi connectivity index (χ0v) is 7.12. The van der Waals surface area contributed by atoms with E-state index < -0.39 is 0 Å². The van der Waals surface area contributed by atoms with E-state index in [4.69, 9.17) is 14.9 Å². The molecule has 0 rings (SSSR count). The second-order valence-corrected chi connectivity index (χ2v) is 2.77. The monoisotopic (exact) mass is 162 g/mol. The molecule has 3 nitrogen and oxygen atoms in total. The predicted octanol–water partition coefficient (Wildman–Crippen LogP) is 0.404. The topological polar surface area (TPSA) is 49.7 Å². The van der Waals surface area contributed by atoms with Crippen molar-refractivity contribution in [3.8, 4) is 0 Å². The molecule has 0 aromatic rings. The van der Waals surface area contributed by atoms with Crippen LogP contribution in [0, 0.1) is 5.92 Å². The fourth-order valence-electron chi connectivity index (χ4n) is 0.872. The van der Waals surface area contributed by atoms with Gasteiger partial charge in [0.2, 0.25) is 0 Å². The second-order valence-electron chi connectivity index (χ2n) is 2.77. The maximum absolute atomic E-state index is 8.51. The minimum atomic E-state index is 0.0900. The largest absolute Gasteiger partial charge is 0.396 e. The summed E-state index contributed by atoms with van der Waals surface area (Å²) in [6.45, 7) is 3.52. The first-order valence-electron chi connectivity index (χ1n) is 4.10. The van der Waals surface area contributed by atoms with Crippen molar-refractivity contribution in [3.63, 3.8) is 0 Å². The molecule has 0 saturated heterocycles. The molecular formula is C8H18O3. The minimum absolute atomic E-state index is 0.0900. The van der Waals surface area contributed by atoms with Gasteiger partial charge in [-0.25, -0.2) is 0 Å². The van der Waals surface area contributed by atoms with Crippen molar-refractivity contribution in [2.75, 3.05) is 26.4 Å². The van der Waals surface area contributed by atoms with E-state index in [1.807, 2.05) is 0 Å². The fraction of sp³-hybridized carbons (Fsp3) is 1.00. The van der Waals surface area contributed by atoms with Gasteiger partial charge in [-0.3, -0.25) is 0 Å². The molecule has 0 aliphatic rings. The van der Waals surface area contributed by atoms with Gasteiger partial charge in [-0.1, -0.05) is 6.92 Å². The van der Waals surface area contributed by atoms with Crippen molar-refractivity contribution < 1.29 is 14.9 Å². The highest BCUT2D eigenvalue weighted by molar-refractivity contribution is 4.50. The Morgan fingerprint density at radius 1 is 1.27 bits per heavy atom. The molecule has 0 aromatic carbocycles. The summed E-state index contributed by atoms with van der Waals surface area (Å²) in [5, 5.41) is 16.9. The Morgan fingerprint density at radius 3 is 2.55 bits per heavy atom. The molecule has 3 heteroatoms. The third-order valence-electron chi connectivity index (χ3n) is 1.49. The third-order valence-corrected chi connectivity index (χ3v) is 1.49. The van der Waals surface area contributed by atoms with Crippen LogP contribution >= 0.6 is 0 Å². The molecule has 0 amide bonds. The quantitative estimate of drug-likeness (QED) is 0.533. The Labute approximate surface area is 68.0 Å². The van der Waals surface area contributed by atoms with Gasteiger partial charge in [-0.2, -0.15) is 0 Å². The Bertz CT molecular complexity index is 75.7. The molecule has 0 heterocycles. The van der Waals surface area contributed by atoms with Crippen LogP contribution < -0.4 is 0 Å². The molecule has 0 radical (unpaired) electrons. The third kappa shape index (κ3) is 7.78. The van der Waals surface area contributed by atoms with Gasteiger partial charge in [0, 0.05) is 13.2 Å². The first-order chi connectivity index (χ1) is 5.31. The lowest BCUT2D eigenvalue weighted by Crippen LogP contribution is -2.09. The van der Waals surface area contributed by atoms with Gasteiger partial charge in [0.05, 0.1) is 13.2 Å². The van der Waals surface area contributed by atoms with E-state index in [2.05, 4.69) is 6.92 Å². The number of aliphatic hydroxyl groups is 2. The predicted molar refractivity (Wildman–Crippen MR) is 43.4 cm³/mol. The van der Waals surface area contributed by atoms with Crippen LogP contribution in [0.5, 0.6) is 0 Å². The summed E-state index contributed by atoms with van der Waals surface area (Å²) in [5.74, 6) is 0.480. The van der Waals surface area contributed by atoms with Crippen LogP contribution in [0.3, 0.4) is 0 Å². The number of rotatable bonds is 7. The molecule has 0 aromatic heterocycles. The van der Waals surface area contributed by atoms with Gasteiger partial charge in [0.15, 0.2) is 0 Å². The zero-order valence-electron chi connectivity index (χ0n) is 7.12. The van der Waals surface area contributed by atoms with E-state index in [9.17, 15) is 0 Å². The van der Waals surface area contributed by atoms with Crippen LogP contribution in [0.15, 0.2) is 0 Å². The molecule has 0 fully saturated rings. The Morgan fingerprint density at radius 2 is 2.00 bits per heavy atom. The average molecular weight is 162 g/mol. The summed E-state index contributed by atoms with van der Waals surface area (Å²) in [7, 11) is 0. The lowest BCUT2D eigenvalue weighted by molar-refractivity contribution is 0.0680. The SMILES string of the molecule is CC(CCCO)COCCO. The van der Waals surface area contributed by atoms with Crippen molar-refractivity contribution in [1.82, 2.24) is 0 Å². The summed E-state index contributed by atoms with van der Waals surface area (Å²) < 4.78 is 5.11. The molecule has 1 unspecified atom stereocenters. The van der Waals surface area contributed by atoms with Crippen LogP contribution in [-0.2, 0) is 4.74 Å². The highest BCUT2D eigenvalue weighted by Crippen LogP contribution is 2.04. The first kappa shape index (κ1) is 10.9. The second kappa shape index (κ2) is 7.98. The molecular weight excluding hydrogens is 144 g/mol. The number of aliphatic hydroxyl groups excluding tert-OH is 2. The van der Waals surface area contributed by atoms with Crippen LogP contribution in [0.2, 0.25) is 0 Å². The van der Waals surface area contributed by atoms with E-state index in [1.54, 1.807) is 0 Å². The van der Waals surface area contributed by atoms with Crippen molar-refractivity contribution in [2.24, 2.45) is 5.92 Å². The molecule has 2 N–H and O–H groups in total. The molecule has 0 aliphatic carbocycles. The normalized spacial score (nSPS) is 13.4. The molecule has 0 saturated carbocycles. The zero-order chi connectivity index (χ0) is 8.53.